The van der Waals surface area contributed by atoms with E-state index in [2.05, 4.69) is 25.5 Å². The highest BCUT2D eigenvalue weighted by Gasteiger charge is 2.35. The Kier molecular flexibility index (Phi) is 4.03. The van der Waals surface area contributed by atoms with E-state index in [0.29, 0.717) is 23.9 Å². The highest BCUT2D eigenvalue weighted by atomic mass is 35.5. The lowest BCUT2D eigenvalue weighted by atomic mass is 10.0. The molecule has 0 saturated heterocycles. The highest BCUT2D eigenvalue weighted by Crippen LogP contribution is 2.37. The molecule has 8 heteroatoms. The molecule has 3 atom stereocenters. The summed E-state index contributed by atoms with van der Waals surface area (Å²) in [4.78, 5) is 8.17. The van der Waals surface area contributed by atoms with Crippen LogP contribution in [0.4, 0.5) is 5.95 Å². The number of aromatic nitrogens is 5. The average Bonchev–Trinajstić information content (AvgIpc) is 3.04. The van der Waals surface area contributed by atoms with Crippen molar-refractivity contribution in [1.29, 1.82) is 0 Å². The summed E-state index contributed by atoms with van der Waals surface area (Å²) in [6.45, 7) is 0.622. The summed E-state index contributed by atoms with van der Waals surface area (Å²) in [6, 6.07) is 0. The van der Waals surface area contributed by atoms with E-state index >= 15 is 0 Å². The first-order chi connectivity index (χ1) is 10.1. The Labute approximate surface area is 127 Å². The molecule has 0 unspecified atom stereocenters. The monoisotopic (exact) mass is 308 g/mol. The van der Waals surface area contributed by atoms with Crippen LogP contribution < -0.4 is 5.32 Å². The quantitative estimate of drug-likeness (QED) is 0.883. The Morgan fingerprint density at radius 2 is 2.14 bits per heavy atom. The fourth-order valence-corrected chi connectivity index (χ4v) is 2.92. The minimum absolute atomic E-state index is 0.144. The lowest BCUT2D eigenvalue weighted by molar-refractivity contribution is 0.137. The number of halogens is 1. The maximum atomic E-state index is 10.2. The van der Waals surface area contributed by atoms with Crippen LogP contribution in [0.5, 0.6) is 0 Å². The predicted octanol–water partition coefficient (Wildman–Crippen LogP) is 1.23. The van der Waals surface area contributed by atoms with Gasteiger partial charge < -0.3 is 15.0 Å². The van der Waals surface area contributed by atoms with Gasteiger partial charge in [-0.3, -0.25) is 0 Å². The Hall–Kier alpha value is -1.73. The first-order valence-corrected chi connectivity index (χ1v) is 7.24. The molecule has 1 fully saturated rings. The molecular weight excluding hydrogens is 292 g/mol. The molecule has 0 aliphatic heterocycles. The zero-order valence-electron chi connectivity index (χ0n) is 11.6. The van der Waals surface area contributed by atoms with Gasteiger partial charge in [0.25, 0.3) is 0 Å². The van der Waals surface area contributed by atoms with E-state index in [4.69, 9.17) is 11.6 Å². The summed E-state index contributed by atoms with van der Waals surface area (Å²) in [6.07, 6.45) is 6.00. The van der Waals surface area contributed by atoms with Crippen molar-refractivity contribution in [3.05, 3.63) is 29.6 Å². The van der Waals surface area contributed by atoms with Crippen LogP contribution in [0.3, 0.4) is 0 Å². The number of anilines is 1. The van der Waals surface area contributed by atoms with Gasteiger partial charge in [-0.2, -0.15) is 0 Å². The number of aryl methyl sites for hydroxylation is 1. The summed E-state index contributed by atoms with van der Waals surface area (Å²) >= 11 is 5.75. The van der Waals surface area contributed by atoms with Gasteiger partial charge in [-0.05, 0) is 12.8 Å². The van der Waals surface area contributed by atoms with E-state index in [1.54, 1.807) is 18.7 Å². The largest absolute Gasteiger partial charge is 0.393 e. The molecule has 2 N–H and O–H groups in total. The van der Waals surface area contributed by atoms with Gasteiger partial charge in [0.15, 0.2) is 0 Å². The summed E-state index contributed by atoms with van der Waals surface area (Å²) in [7, 11) is 1.93. The second kappa shape index (κ2) is 5.95. The normalized spacial score (nSPS) is 25.2. The topological polar surface area (TPSA) is 88.8 Å². The summed E-state index contributed by atoms with van der Waals surface area (Å²) < 4.78 is 1.91. The lowest BCUT2D eigenvalue weighted by Gasteiger charge is -2.14. The summed E-state index contributed by atoms with van der Waals surface area (Å²) in [5, 5.41) is 21.9. The molecule has 3 rings (SSSR count). The molecule has 0 amide bonds. The maximum absolute atomic E-state index is 10.2. The van der Waals surface area contributed by atoms with Crippen LogP contribution in [0.25, 0.3) is 0 Å². The van der Waals surface area contributed by atoms with Gasteiger partial charge in [-0.15, -0.1) is 10.2 Å². The Morgan fingerprint density at radius 3 is 2.81 bits per heavy atom. The fourth-order valence-electron chi connectivity index (χ4n) is 2.82. The Balaban J connectivity index is 1.59. The molecule has 2 aromatic rings. The standard InChI is InChI=1S/C13H17ClN6O/c1-20-7-18-19-12(20)8-2-9(11(21)3-8)4-15-13-16-5-10(14)6-17-13/h5-9,11,21H,2-4H2,1H3,(H,15,16,17)/t8-,9+,11+/m0/s1. The van der Waals surface area contributed by atoms with Gasteiger partial charge in [0.1, 0.15) is 12.2 Å². The number of nitrogens with one attached hydrogen (secondary N) is 1. The van der Waals surface area contributed by atoms with E-state index in [1.807, 2.05) is 11.6 Å². The third-order valence-corrected chi connectivity index (χ3v) is 4.11. The minimum atomic E-state index is -0.355. The summed E-state index contributed by atoms with van der Waals surface area (Å²) in [5.41, 5.74) is 0. The van der Waals surface area contributed by atoms with Crippen molar-refractivity contribution < 1.29 is 5.11 Å². The lowest BCUT2D eigenvalue weighted by Crippen LogP contribution is -2.22. The van der Waals surface area contributed by atoms with E-state index in [0.717, 1.165) is 12.2 Å². The molecule has 2 heterocycles. The van der Waals surface area contributed by atoms with E-state index in [1.165, 1.54) is 0 Å². The Bertz CT molecular complexity index is 601. The first kappa shape index (κ1) is 14.2. The number of rotatable bonds is 4. The van der Waals surface area contributed by atoms with Crippen molar-refractivity contribution in [1.82, 2.24) is 24.7 Å². The SMILES string of the molecule is Cn1cnnc1[C@H]1C[C@H](CNc2ncc(Cl)cn2)[C@H](O)C1. The molecule has 0 radical (unpaired) electrons. The number of nitrogens with zero attached hydrogens (tertiary/aromatic N) is 5. The van der Waals surface area contributed by atoms with Crippen molar-refractivity contribution in [2.45, 2.75) is 24.9 Å². The van der Waals surface area contributed by atoms with Gasteiger partial charge >= 0.3 is 0 Å². The van der Waals surface area contributed by atoms with E-state index in [-0.39, 0.29) is 17.9 Å². The number of aliphatic hydroxyl groups excluding tert-OH is 1. The van der Waals surface area contributed by atoms with Gasteiger partial charge in [-0.1, -0.05) is 11.6 Å². The third kappa shape index (κ3) is 3.14. The van der Waals surface area contributed by atoms with Crippen LogP contribution in [0.15, 0.2) is 18.7 Å². The number of hydrogen-bond donors (Lipinski definition) is 2. The zero-order chi connectivity index (χ0) is 14.8. The molecule has 1 saturated carbocycles. The molecular formula is C13H17ClN6O. The fraction of sp³-hybridized carbons (Fsp3) is 0.538. The van der Waals surface area contributed by atoms with Crippen molar-refractivity contribution in [3.8, 4) is 0 Å². The number of hydrogen-bond acceptors (Lipinski definition) is 6. The molecule has 0 bridgehead atoms. The van der Waals surface area contributed by atoms with Gasteiger partial charge in [-0.25, -0.2) is 9.97 Å². The van der Waals surface area contributed by atoms with Gasteiger partial charge in [0.05, 0.1) is 23.5 Å². The molecule has 0 spiro atoms. The molecule has 7 nitrogen and oxygen atoms in total. The van der Waals surface area contributed by atoms with Crippen molar-refractivity contribution in [2.75, 3.05) is 11.9 Å². The molecule has 112 valence electrons. The maximum Gasteiger partial charge on any atom is 0.222 e. The first-order valence-electron chi connectivity index (χ1n) is 6.87. The van der Waals surface area contributed by atoms with Crippen molar-refractivity contribution in [3.63, 3.8) is 0 Å². The van der Waals surface area contributed by atoms with Crippen molar-refractivity contribution >= 4 is 17.5 Å². The van der Waals surface area contributed by atoms with Crippen LogP contribution in [-0.4, -0.2) is 42.5 Å². The van der Waals surface area contributed by atoms with Gasteiger partial charge in [0, 0.05) is 25.4 Å². The molecule has 0 aromatic carbocycles. The second-order valence-electron chi connectivity index (χ2n) is 5.40. The molecule has 1 aliphatic rings. The van der Waals surface area contributed by atoms with Crippen LogP contribution in [0, 0.1) is 5.92 Å². The van der Waals surface area contributed by atoms with E-state index < -0.39 is 0 Å². The second-order valence-corrected chi connectivity index (χ2v) is 5.84. The molecule has 21 heavy (non-hydrogen) atoms. The average molecular weight is 309 g/mol. The van der Waals surface area contributed by atoms with Crippen LogP contribution in [0.2, 0.25) is 5.02 Å². The van der Waals surface area contributed by atoms with E-state index in [9.17, 15) is 5.11 Å². The third-order valence-electron chi connectivity index (χ3n) is 3.91. The smallest absolute Gasteiger partial charge is 0.222 e. The van der Waals surface area contributed by atoms with Crippen molar-refractivity contribution in [2.24, 2.45) is 13.0 Å². The highest BCUT2D eigenvalue weighted by molar-refractivity contribution is 6.30. The molecule has 1 aliphatic carbocycles. The minimum Gasteiger partial charge on any atom is -0.393 e. The van der Waals surface area contributed by atoms with Gasteiger partial charge in [0.2, 0.25) is 5.95 Å². The number of aliphatic hydroxyl groups is 1. The zero-order valence-corrected chi connectivity index (χ0v) is 12.4. The van der Waals surface area contributed by atoms with Crippen LogP contribution in [-0.2, 0) is 7.05 Å². The Morgan fingerprint density at radius 1 is 1.38 bits per heavy atom. The molecule has 2 aromatic heterocycles. The van der Waals surface area contributed by atoms with Crippen LogP contribution in [0.1, 0.15) is 24.6 Å². The summed E-state index contributed by atoms with van der Waals surface area (Å²) in [5.74, 6) is 1.84. The predicted molar refractivity (Wildman–Crippen MR) is 78.0 cm³/mol. The van der Waals surface area contributed by atoms with Crippen LogP contribution >= 0.6 is 11.6 Å².